The number of fused-ring (bicyclic) bond motifs is 8. The van der Waals surface area contributed by atoms with E-state index in [-0.39, 0.29) is 0 Å². The first-order valence-corrected chi connectivity index (χ1v) is 16.4. The summed E-state index contributed by atoms with van der Waals surface area (Å²) in [5, 5.41) is 6.65. The standard InChI is InChI=1S/C45H28N2O2/c1-2-7-29(8-3-1)30-13-19-34(20-14-30)47(39-10-6-12-41-45(39)36-9-4-5-11-40(36)48-41)35-21-15-31(16-22-35)33-17-23-37-43(27-33)49-42-24-18-32-25-26-46-28-38(32)44(37)42/h1-28H. The molecule has 10 aromatic rings. The molecule has 0 bridgehead atoms. The summed E-state index contributed by atoms with van der Waals surface area (Å²) in [6.07, 6.45) is 3.75. The molecule has 3 heterocycles. The molecule has 4 heteroatoms. The number of rotatable bonds is 5. The molecule has 0 unspecified atom stereocenters. The zero-order valence-electron chi connectivity index (χ0n) is 26.4. The van der Waals surface area contributed by atoms with E-state index in [9.17, 15) is 0 Å². The zero-order valence-corrected chi connectivity index (χ0v) is 26.4. The zero-order chi connectivity index (χ0) is 32.3. The van der Waals surface area contributed by atoms with Crippen molar-refractivity contribution in [3.8, 4) is 22.3 Å². The first-order chi connectivity index (χ1) is 24.3. The van der Waals surface area contributed by atoms with Crippen LogP contribution in [0.2, 0.25) is 0 Å². The van der Waals surface area contributed by atoms with Crippen molar-refractivity contribution in [2.45, 2.75) is 0 Å². The van der Waals surface area contributed by atoms with E-state index in [0.29, 0.717) is 0 Å². The molecule has 4 nitrogen and oxygen atoms in total. The van der Waals surface area contributed by atoms with Crippen LogP contribution in [-0.4, -0.2) is 4.98 Å². The van der Waals surface area contributed by atoms with E-state index in [2.05, 4.69) is 137 Å². The van der Waals surface area contributed by atoms with Crippen molar-refractivity contribution in [1.29, 1.82) is 0 Å². The molecule has 0 N–H and O–H groups in total. The molecule has 0 saturated carbocycles. The van der Waals surface area contributed by atoms with Crippen LogP contribution < -0.4 is 4.90 Å². The van der Waals surface area contributed by atoms with Crippen molar-refractivity contribution < 1.29 is 8.83 Å². The van der Waals surface area contributed by atoms with Crippen LogP contribution in [-0.2, 0) is 0 Å². The Hall–Kier alpha value is -6.65. The molecule has 10 rings (SSSR count). The third-order valence-electron chi connectivity index (χ3n) is 9.57. The van der Waals surface area contributed by atoms with Gasteiger partial charge in [0.25, 0.3) is 0 Å². The predicted octanol–water partition coefficient (Wildman–Crippen LogP) is 12.8. The van der Waals surface area contributed by atoms with E-state index >= 15 is 0 Å². The number of anilines is 3. The summed E-state index contributed by atoms with van der Waals surface area (Å²) in [5.74, 6) is 0. The topological polar surface area (TPSA) is 42.4 Å². The highest BCUT2D eigenvalue weighted by Gasteiger charge is 2.20. The predicted molar refractivity (Wildman–Crippen MR) is 202 cm³/mol. The first-order valence-electron chi connectivity index (χ1n) is 16.4. The van der Waals surface area contributed by atoms with Crippen molar-refractivity contribution in [3.63, 3.8) is 0 Å². The van der Waals surface area contributed by atoms with Crippen molar-refractivity contribution in [2.24, 2.45) is 0 Å². The van der Waals surface area contributed by atoms with Gasteiger partial charge < -0.3 is 13.7 Å². The largest absolute Gasteiger partial charge is 0.456 e. The lowest BCUT2D eigenvalue weighted by Gasteiger charge is -2.26. The lowest BCUT2D eigenvalue weighted by Crippen LogP contribution is -2.10. The Balaban J connectivity index is 1.09. The van der Waals surface area contributed by atoms with Crippen LogP contribution in [0.4, 0.5) is 17.1 Å². The highest BCUT2D eigenvalue weighted by atomic mass is 16.3. The van der Waals surface area contributed by atoms with Crippen LogP contribution in [0.5, 0.6) is 0 Å². The summed E-state index contributed by atoms with van der Waals surface area (Å²) in [6, 6.07) is 55.3. The summed E-state index contributed by atoms with van der Waals surface area (Å²) in [4.78, 5) is 6.70. The Morgan fingerprint density at radius 3 is 1.86 bits per heavy atom. The molecule has 0 aliphatic carbocycles. The van der Waals surface area contributed by atoms with Gasteiger partial charge in [-0.25, -0.2) is 0 Å². The minimum Gasteiger partial charge on any atom is -0.456 e. The molecular formula is C45H28N2O2. The molecule has 0 fully saturated rings. The number of aromatic nitrogens is 1. The Kier molecular flexibility index (Phi) is 6.15. The maximum absolute atomic E-state index is 6.37. The average molecular weight is 629 g/mol. The van der Waals surface area contributed by atoms with E-state index in [0.717, 1.165) is 82.8 Å². The second kappa shape index (κ2) is 11.0. The van der Waals surface area contributed by atoms with Crippen LogP contribution in [0.3, 0.4) is 0 Å². The molecule has 49 heavy (non-hydrogen) atoms. The second-order valence-corrected chi connectivity index (χ2v) is 12.4. The molecule has 7 aromatic carbocycles. The number of pyridine rings is 1. The SMILES string of the molecule is c1ccc(-c2ccc(N(c3ccc(-c4ccc5c(c4)oc4ccc6ccncc6c45)cc3)c3cccc4oc5ccccc5c34)cc2)cc1. The van der Waals surface area contributed by atoms with Crippen molar-refractivity contribution in [3.05, 3.63) is 170 Å². The normalized spacial score (nSPS) is 11.7. The van der Waals surface area contributed by atoms with Crippen molar-refractivity contribution in [1.82, 2.24) is 4.98 Å². The van der Waals surface area contributed by atoms with Crippen LogP contribution in [0.25, 0.3) is 76.9 Å². The summed E-state index contributed by atoms with van der Waals surface area (Å²) < 4.78 is 12.7. The van der Waals surface area contributed by atoms with E-state index in [1.54, 1.807) is 0 Å². The molecule has 0 amide bonds. The lowest BCUT2D eigenvalue weighted by atomic mass is 10.0. The van der Waals surface area contributed by atoms with Gasteiger partial charge in [0.1, 0.15) is 22.3 Å². The Morgan fingerprint density at radius 1 is 0.408 bits per heavy atom. The minimum absolute atomic E-state index is 0.865. The summed E-state index contributed by atoms with van der Waals surface area (Å²) in [5.41, 5.74) is 11.3. The molecule has 0 aliphatic rings. The molecule has 0 aliphatic heterocycles. The van der Waals surface area contributed by atoms with Gasteiger partial charge >= 0.3 is 0 Å². The van der Waals surface area contributed by atoms with Gasteiger partial charge in [0.2, 0.25) is 0 Å². The average Bonchev–Trinajstić information content (AvgIpc) is 3.75. The summed E-state index contributed by atoms with van der Waals surface area (Å²) in [6.45, 7) is 0. The third kappa shape index (κ3) is 4.49. The number of furan rings is 2. The Bertz CT molecular complexity index is 2810. The first kappa shape index (κ1) is 27.5. The molecule has 0 radical (unpaired) electrons. The molecule has 0 saturated heterocycles. The molecule has 3 aromatic heterocycles. The highest BCUT2D eigenvalue weighted by molar-refractivity contribution is 6.19. The summed E-state index contributed by atoms with van der Waals surface area (Å²) >= 11 is 0. The van der Waals surface area contributed by atoms with Crippen LogP contribution in [0, 0.1) is 0 Å². The number of hydrogen-bond donors (Lipinski definition) is 0. The fraction of sp³-hybridized carbons (Fsp3) is 0. The number of para-hydroxylation sites is 1. The van der Waals surface area contributed by atoms with E-state index in [1.807, 2.05) is 42.7 Å². The lowest BCUT2D eigenvalue weighted by molar-refractivity contribution is 0.668. The smallest absolute Gasteiger partial charge is 0.137 e. The van der Waals surface area contributed by atoms with Crippen molar-refractivity contribution in [2.75, 3.05) is 4.90 Å². The van der Waals surface area contributed by atoms with Crippen LogP contribution in [0.15, 0.2) is 179 Å². The molecule has 230 valence electrons. The van der Waals surface area contributed by atoms with Crippen LogP contribution in [0.1, 0.15) is 0 Å². The molecule has 0 atom stereocenters. The summed E-state index contributed by atoms with van der Waals surface area (Å²) in [7, 11) is 0. The van der Waals surface area contributed by atoms with Gasteiger partial charge in [-0.15, -0.1) is 0 Å². The van der Waals surface area contributed by atoms with Gasteiger partial charge in [0.05, 0.1) is 11.1 Å². The Morgan fingerprint density at radius 2 is 1.04 bits per heavy atom. The van der Waals surface area contributed by atoms with Gasteiger partial charge in [-0.05, 0) is 94.4 Å². The monoisotopic (exact) mass is 628 g/mol. The third-order valence-corrected chi connectivity index (χ3v) is 9.57. The number of benzene rings is 7. The molecule has 0 spiro atoms. The van der Waals surface area contributed by atoms with Gasteiger partial charge in [-0.3, -0.25) is 4.98 Å². The van der Waals surface area contributed by atoms with E-state index in [1.165, 1.54) is 11.1 Å². The van der Waals surface area contributed by atoms with Gasteiger partial charge in [-0.2, -0.15) is 0 Å². The number of hydrogen-bond acceptors (Lipinski definition) is 4. The minimum atomic E-state index is 0.865. The second-order valence-electron chi connectivity index (χ2n) is 12.4. The van der Waals surface area contributed by atoms with E-state index in [4.69, 9.17) is 8.83 Å². The van der Waals surface area contributed by atoms with E-state index < -0.39 is 0 Å². The number of nitrogens with zero attached hydrogens (tertiary/aromatic N) is 2. The van der Waals surface area contributed by atoms with Gasteiger partial charge in [0.15, 0.2) is 0 Å². The van der Waals surface area contributed by atoms with Crippen molar-refractivity contribution >= 4 is 71.7 Å². The maximum atomic E-state index is 6.37. The van der Waals surface area contributed by atoms with Gasteiger partial charge in [0, 0.05) is 45.3 Å². The fourth-order valence-corrected chi connectivity index (χ4v) is 7.22. The Labute approximate surface area is 282 Å². The van der Waals surface area contributed by atoms with Gasteiger partial charge in [-0.1, -0.05) is 91.0 Å². The highest BCUT2D eigenvalue weighted by Crippen LogP contribution is 2.44. The van der Waals surface area contributed by atoms with Crippen LogP contribution >= 0.6 is 0 Å². The maximum Gasteiger partial charge on any atom is 0.137 e. The fourth-order valence-electron chi connectivity index (χ4n) is 7.22. The quantitative estimate of drug-likeness (QED) is 0.190. The molecular weight excluding hydrogens is 601 g/mol.